The number of carbonyl (C=O) groups excluding carboxylic acids is 1. The van der Waals surface area contributed by atoms with Crippen LogP contribution in [0.4, 0.5) is 0 Å². The standard InChI is InChI=1S/C9H12N2O2S/c1-11(2)9(13)4-3-8-10-7(5-12)6-14-8/h3-4,6,12H,5H2,1-2H3. The number of aliphatic hydroxyl groups excluding tert-OH is 1. The molecule has 1 aromatic heterocycles. The second-order valence-electron chi connectivity index (χ2n) is 2.90. The number of nitrogens with zero attached hydrogens (tertiary/aromatic N) is 2. The molecule has 14 heavy (non-hydrogen) atoms. The highest BCUT2D eigenvalue weighted by atomic mass is 32.1. The second-order valence-corrected chi connectivity index (χ2v) is 3.79. The summed E-state index contributed by atoms with van der Waals surface area (Å²) in [5, 5.41) is 11.3. The van der Waals surface area contributed by atoms with E-state index in [0.29, 0.717) is 5.69 Å². The van der Waals surface area contributed by atoms with E-state index in [0.717, 1.165) is 5.01 Å². The molecule has 0 fully saturated rings. The largest absolute Gasteiger partial charge is 0.390 e. The number of amides is 1. The molecule has 0 bridgehead atoms. The van der Waals surface area contributed by atoms with E-state index < -0.39 is 0 Å². The first-order valence-electron chi connectivity index (χ1n) is 4.08. The minimum Gasteiger partial charge on any atom is -0.390 e. The van der Waals surface area contributed by atoms with E-state index in [1.807, 2.05) is 0 Å². The molecule has 5 heteroatoms. The quantitative estimate of drug-likeness (QED) is 0.752. The molecule has 1 aromatic rings. The third-order valence-electron chi connectivity index (χ3n) is 1.54. The smallest absolute Gasteiger partial charge is 0.246 e. The lowest BCUT2D eigenvalue weighted by Gasteiger charge is -2.04. The average molecular weight is 212 g/mol. The molecule has 1 heterocycles. The zero-order chi connectivity index (χ0) is 10.6. The number of thiazole rings is 1. The minimum absolute atomic E-state index is 0.0635. The number of hydrogen-bond acceptors (Lipinski definition) is 4. The number of likely N-dealkylation sites (N-methyl/N-ethyl adjacent to an activating group) is 1. The number of aromatic nitrogens is 1. The van der Waals surface area contributed by atoms with Gasteiger partial charge in [0, 0.05) is 25.6 Å². The van der Waals surface area contributed by atoms with Gasteiger partial charge in [0.1, 0.15) is 5.01 Å². The Morgan fingerprint density at radius 3 is 2.93 bits per heavy atom. The Kier molecular flexibility index (Phi) is 3.79. The highest BCUT2D eigenvalue weighted by Gasteiger charge is 1.99. The maximum Gasteiger partial charge on any atom is 0.246 e. The van der Waals surface area contributed by atoms with E-state index in [2.05, 4.69) is 4.98 Å². The van der Waals surface area contributed by atoms with Crippen LogP contribution in [0, 0.1) is 0 Å². The van der Waals surface area contributed by atoms with Crippen LogP contribution < -0.4 is 0 Å². The molecule has 1 rings (SSSR count). The molecule has 1 amide bonds. The Morgan fingerprint density at radius 1 is 1.71 bits per heavy atom. The molecule has 0 aliphatic carbocycles. The van der Waals surface area contributed by atoms with Crippen molar-refractivity contribution in [3.05, 3.63) is 22.2 Å². The van der Waals surface area contributed by atoms with Crippen molar-refractivity contribution in [2.75, 3.05) is 14.1 Å². The summed E-state index contributed by atoms with van der Waals surface area (Å²) < 4.78 is 0. The van der Waals surface area contributed by atoms with Crippen molar-refractivity contribution < 1.29 is 9.90 Å². The summed E-state index contributed by atoms with van der Waals surface area (Å²) >= 11 is 1.40. The Balaban J connectivity index is 2.64. The van der Waals surface area contributed by atoms with Gasteiger partial charge in [0.15, 0.2) is 0 Å². The van der Waals surface area contributed by atoms with Crippen LogP contribution in [-0.2, 0) is 11.4 Å². The van der Waals surface area contributed by atoms with Gasteiger partial charge >= 0.3 is 0 Å². The highest BCUT2D eigenvalue weighted by molar-refractivity contribution is 7.10. The van der Waals surface area contributed by atoms with E-state index in [1.165, 1.54) is 22.3 Å². The van der Waals surface area contributed by atoms with E-state index in [-0.39, 0.29) is 12.5 Å². The average Bonchev–Trinajstić information content (AvgIpc) is 2.61. The first kappa shape index (κ1) is 10.9. The molecule has 0 spiro atoms. The first-order chi connectivity index (χ1) is 6.63. The van der Waals surface area contributed by atoms with Gasteiger partial charge < -0.3 is 10.0 Å². The lowest BCUT2D eigenvalue weighted by molar-refractivity contribution is -0.123. The number of hydrogen-bond donors (Lipinski definition) is 1. The molecule has 1 N–H and O–H groups in total. The summed E-state index contributed by atoms with van der Waals surface area (Å²) in [6.07, 6.45) is 3.10. The molecule has 76 valence electrons. The predicted molar refractivity (Wildman–Crippen MR) is 55.8 cm³/mol. The van der Waals surface area contributed by atoms with Crippen LogP contribution in [0.3, 0.4) is 0 Å². The van der Waals surface area contributed by atoms with Crippen LogP contribution in [-0.4, -0.2) is 35.0 Å². The Bertz CT molecular complexity index is 344. The Morgan fingerprint density at radius 2 is 2.43 bits per heavy atom. The fourth-order valence-corrected chi connectivity index (χ4v) is 1.46. The van der Waals surface area contributed by atoms with Gasteiger partial charge in [-0.2, -0.15) is 0 Å². The predicted octanol–water partition coefficient (Wildman–Crippen LogP) is 0.737. The summed E-state index contributed by atoms with van der Waals surface area (Å²) in [6, 6.07) is 0. The molecule has 0 aliphatic rings. The van der Waals surface area contributed by atoms with Crippen molar-refractivity contribution in [1.82, 2.24) is 9.88 Å². The minimum atomic E-state index is -0.0780. The van der Waals surface area contributed by atoms with Gasteiger partial charge in [-0.1, -0.05) is 0 Å². The highest BCUT2D eigenvalue weighted by Crippen LogP contribution is 2.11. The molecular formula is C9H12N2O2S. The van der Waals surface area contributed by atoms with Gasteiger partial charge in [0.25, 0.3) is 0 Å². The lowest BCUT2D eigenvalue weighted by atomic mass is 10.4. The summed E-state index contributed by atoms with van der Waals surface area (Å²) in [5.41, 5.74) is 0.631. The molecule has 0 aromatic carbocycles. The molecule has 0 saturated carbocycles. The first-order valence-corrected chi connectivity index (χ1v) is 4.96. The topological polar surface area (TPSA) is 53.4 Å². The summed E-state index contributed by atoms with van der Waals surface area (Å²) in [5.74, 6) is -0.0780. The van der Waals surface area contributed by atoms with Crippen LogP contribution in [0.5, 0.6) is 0 Å². The van der Waals surface area contributed by atoms with E-state index in [4.69, 9.17) is 5.11 Å². The van der Waals surface area contributed by atoms with Crippen LogP contribution in [0.25, 0.3) is 6.08 Å². The maximum absolute atomic E-state index is 11.2. The normalized spacial score (nSPS) is 10.8. The van der Waals surface area contributed by atoms with Crippen molar-refractivity contribution in [1.29, 1.82) is 0 Å². The van der Waals surface area contributed by atoms with Gasteiger partial charge in [-0.25, -0.2) is 4.98 Å². The third-order valence-corrected chi connectivity index (χ3v) is 2.40. The van der Waals surface area contributed by atoms with Crippen LogP contribution in [0.1, 0.15) is 10.7 Å². The number of rotatable bonds is 3. The van der Waals surface area contributed by atoms with Crippen molar-refractivity contribution >= 4 is 23.3 Å². The molecule has 0 saturated heterocycles. The molecule has 0 atom stereocenters. The SMILES string of the molecule is CN(C)C(=O)C=Cc1nc(CO)cs1. The summed E-state index contributed by atoms with van der Waals surface area (Å²) in [7, 11) is 3.38. The summed E-state index contributed by atoms with van der Waals surface area (Å²) in [6.45, 7) is -0.0635. The molecule has 0 aliphatic heterocycles. The van der Waals surface area contributed by atoms with Crippen LogP contribution in [0.2, 0.25) is 0 Å². The van der Waals surface area contributed by atoms with Crippen LogP contribution >= 0.6 is 11.3 Å². The van der Waals surface area contributed by atoms with E-state index >= 15 is 0 Å². The van der Waals surface area contributed by atoms with Crippen molar-refractivity contribution in [3.63, 3.8) is 0 Å². The maximum atomic E-state index is 11.2. The molecular weight excluding hydrogens is 200 g/mol. The zero-order valence-corrected chi connectivity index (χ0v) is 8.91. The molecule has 4 nitrogen and oxygen atoms in total. The fraction of sp³-hybridized carbons (Fsp3) is 0.333. The number of aliphatic hydroxyl groups is 1. The van der Waals surface area contributed by atoms with Gasteiger partial charge in [-0.3, -0.25) is 4.79 Å². The van der Waals surface area contributed by atoms with Crippen LogP contribution in [0.15, 0.2) is 11.5 Å². The summed E-state index contributed by atoms with van der Waals surface area (Å²) in [4.78, 5) is 16.7. The van der Waals surface area contributed by atoms with Crippen molar-refractivity contribution in [3.8, 4) is 0 Å². The Labute approximate surface area is 86.5 Å². The van der Waals surface area contributed by atoms with Gasteiger partial charge in [-0.15, -0.1) is 11.3 Å². The molecule has 0 unspecified atom stereocenters. The van der Waals surface area contributed by atoms with E-state index in [1.54, 1.807) is 25.6 Å². The monoisotopic (exact) mass is 212 g/mol. The zero-order valence-electron chi connectivity index (χ0n) is 8.10. The van der Waals surface area contributed by atoms with Gasteiger partial charge in [0.2, 0.25) is 5.91 Å². The number of carbonyl (C=O) groups is 1. The van der Waals surface area contributed by atoms with Gasteiger partial charge in [0.05, 0.1) is 12.3 Å². The van der Waals surface area contributed by atoms with Gasteiger partial charge in [-0.05, 0) is 6.08 Å². The Hall–Kier alpha value is -1.20. The van der Waals surface area contributed by atoms with E-state index in [9.17, 15) is 4.79 Å². The molecule has 0 radical (unpaired) electrons. The lowest BCUT2D eigenvalue weighted by Crippen LogP contribution is -2.18. The van der Waals surface area contributed by atoms with Crippen molar-refractivity contribution in [2.45, 2.75) is 6.61 Å². The van der Waals surface area contributed by atoms with Crippen molar-refractivity contribution in [2.24, 2.45) is 0 Å². The third kappa shape index (κ3) is 2.93. The second kappa shape index (κ2) is 4.88. The fourth-order valence-electron chi connectivity index (χ4n) is 0.763.